The Kier molecular flexibility index (Phi) is 5.26. The Hall–Kier alpha value is -3.22. The summed E-state index contributed by atoms with van der Waals surface area (Å²) < 4.78 is 16.6. The van der Waals surface area contributed by atoms with Gasteiger partial charge in [-0.1, -0.05) is 6.07 Å². The first-order valence-corrected chi connectivity index (χ1v) is 8.26. The Balaban J connectivity index is 1.62. The fraction of sp³-hybridized carbons (Fsp3) is 0.263. The van der Waals surface area contributed by atoms with Gasteiger partial charge in [-0.2, -0.15) is 0 Å². The monoisotopic (exact) mass is 356 g/mol. The minimum absolute atomic E-state index is 0.174. The summed E-state index contributed by atoms with van der Waals surface area (Å²) >= 11 is 0. The summed E-state index contributed by atoms with van der Waals surface area (Å²) in [6.07, 6.45) is -0.726. The van der Waals surface area contributed by atoms with Crippen molar-refractivity contribution in [3.63, 3.8) is 0 Å². The van der Waals surface area contributed by atoms with E-state index in [1.54, 1.807) is 49.4 Å². The lowest BCUT2D eigenvalue weighted by Gasteiger charge is -2.20. The number of rotatable bonds is 5. The van der Waals surface area contributed by atoms with E-state index in [4.69, 9.17) is 14.2 Å². The van der Waals surface area contributed by atoms with E-state index in [-0.39, 0.29) is 11.8 Å². The van der Waals surface area contributed by atoms with E-state index in [1.165, 1.54) is 6.92 Å². The topological polar surface area (TPSA) is 85.9 Å². The predicted molar refractivity (Wildman–Crippen MR) is 96.9 cm³/mol. The van der Waals surface area contributed by atoms with Crippen LogP contribution < -0.4 is 24.8 Å². The Morgan fingerprint density at radius 2 is 1.73 bits per heavy atom. The van der Waals surface area contributed by atoms with Crippen LogP contribution in [0, 0.1) is 0 Å². The molecule has 0 saturated carbocycles. The second kappa shape index (κ2) is 7.77. The summed E-state index contributed by atoms with van der Waals surface area (Å²) in [4.78, 5) is 23.5. The third-order valence-corrected chi connectivity index (χ3v) is 3.65. The van der Waals surface area contributed by atoms with E-state index in [9.17, 15) is 9.59 Å². The number of hydrogen-bond donors (Lipinski definition) is 2. The summed E-state index contributed by atoms with van der Waals surface area (Å²) in [5, 5.41) is 5.46. The molecule has 1 heterocycles. The molecule has 0 spiro atoms. The molecule has 2 N–H and O–H groups in total. The van der Waals surface area contributed by atoms with Gasteiger partial charge < -0.3 is 24.8 Å². The molecular weight excluding hydrogens is 336 g/mol. The van der Waals surface area contributed by atoms with Crippen molar-refractivity contribution < 1.29 is 23.8 Å². The molecule has 0 bridgehead atoms. The van der Waals surface area contributed by atoms with E-state index in [0.29, 0.717) is 41.8 Å². The van der Waals surface area contributed by atoms with Crippen LogP contribution in [0.2, 0.25) is 0 Å². The lowest BCUT2D eigenvalue weighted by Crippen LogP contribution is -2.30. The average Bonchev–Trinajstić information content (AvgIpc) is 2.61. The maximum absolute atomic E-state index is 12.4. The van der Waals surface area contributed by atoms with Crippen LogP contribution >= 0.6 is 0 Å². The summed E-state index contributed by atoms with van der Waals surface area (Å²) in [5.41, 5.74) is 1.20. The van der Waals surface area contributed by atoms with E-state index in [2.05, 4.69) is 10.6 Å². The maximum Gasteiger partial charge on any atom is 0.265 e. The molecular formula is C19H20N2O5. The molecule has 2 amide bonds. The number of amides is 2. The molecule has 0 radical (unpaired) electrons. The summed E-state index contributed by atoms with van der Waals surface area (Å²) in [5.74, 6) is 1.28. The van der Waals surface area contributed by atoms with Crippen LogP contribution in [-0.2, 0) is 9.59 Å². The van der Waals surface area contributed by atoms with Crippen molar-refractivity contribution in [1.82, 2.24) is 0 Å². The zero-order valence-corrected chi connectivity index (χ0v) is 14.6. The van der Waals surface area contributed by atoms with Gasteiger partial charge in [0.25, 0.3) is 5.91 Å². The first-order chi connectivity index (χ1) is 12.5. The van der Waals surface area contributed by atoms with Crippen molar-refractivity contribution in [2.24, 2.45) is 0 Å². The van der Waals surface area contributed by atoms with Crippen molar-refractivity contribution in [3.8, 4) is 17.2 Å². The summed E-state index contributed by atoms with van der Waals surface area (Å²) in [6, 6.07) is 12.1. The predicted octanol–water partition coefficient (Wildman–Crippen LogP) is 2.82. The zero-order chi connectivity index (χ0) is 18.5. The number of carbonyl (C=O) groups is 2. The van der Waals surface area contributed by atoms with Crippen LogP contribution in [0.25, 0.3) is 0 Å². The molecule has 1 atom stereocenters. The molecule has 1 aliphatic rings. The van der Waals surface area contributed by atoms with E-state index in [1.807, 2.05) is 0 Å². The first kappa shape index (κ1) is 17.6. The number of anilines is 2. The molecule has 0 fully saturated rings. The van der Waals surface area contributed by atoms with Gasteiger partial charge in [0, 0.05) is 30.4 Å². The highest BCUT2D eigenvalue weighted by Crippen LogP contribution is 2.32. The quantitative estimate of drug-likeness (QED) is 0.860. The lowest BCUT2D eigenvalue weighted by molar-refractivity contribution is -0.122. The molecule has 2 aromatic rings. The normalized spacial score (nSPS) is 13.5. The van der Waals surface area contributed by atoms with Gasteiger partial charge in [-0.25, -0.2) is 0 Å². The fourth-order valence-electron chi connectivity index (χ4n) is 2.47. The van der Waals surface area contributed by atoms with Gasteiger partial charge in [0.2, 0.25) is 5.91 Å². The fourth-order valence-corrected chi connectivity index (χ4v) is 2.47. The highest BCUT2D eigenvalue weighted by atomic mass is 16.6. The molecule has 3 rings (SSSR count). The molecule has 26 heavy (non-hydrogen) atoms. The van der Waals surface area contributed by atoms with Gasteiger partial charge in [-0.15, -0.1) is 0 Å². The minimum atomic E-state index is -0.726. The third kappa shape index (κ3) is 4.44. The van der Waals surface area contributed by atoms with Crippen LogP contribution in [0.4, 0.5) is 11.4 Å². The van der Waals surface area contributed by atoms with Crippen LogP contribution in [0.15, 0.2) is 42.5 Å². The van der Waals surface area contributed by atoms with Crippen molar-refractivity contribution in [2.45, 2.75) is 20.0 Å². The van der Waals surface area contributed by atoms with E-state index in [0.717, 1.165) is 0 Å². The van der Waals surface area contributed by atoms with Crippen LogP contribution in [0.1, 0.15) is 13.8 Å². The molecule has 1 unspecified atom stereocenters. The Morgan fingerprint density at radius 3 is 2.50 bits per heavy atom. The number of carbonyl (C=O) groups excluding carboxylic acids is 2. The maximum atomic E-state index is 12.4. The Morgan fingerprint density at radius 1 is 1.00 bits per heavy atom. The smallest absolute Gasteiger partial charge is 0.265 e. The molecule has 136 valence electrons. The van der Waals surface area contributed by atoms with Gasteiger partial charge >= 0.3 is 0 Å². The number of ether oxygens (including phenoxy) is 3. The van der Waals surface area contributed by atoms with E-state index < -0.39 is 6.10 Å². The van der Waals surface area contributed by atoms with Crippen molar-refractivity contribution in [1.29, 1.82) is 0 Å². The highest BCUT2D eigenvalue weighted by Gasteiger charge is 2.17. The van der Waals surface area contributed by atoms with Crippen molar-refractivity contribution in [2.75, 3.05) is 23.8 Å². The van der Waals surface area contributed by atoms with Crippen LogP contribution in [-0.4, -0.2) is 31.1 Å². The van der Waals surface area contributed by atoms with Gasteiger partial charge in [0.05, 0.1) is 0 Å². The molecule has 0 aromatic heterocycles. The van der Waals surface area contributed by atoms with Gasteiger partial charge in [-0.05, 0) is 31.2 Å². The van der Waals surface area contributed by atoms with E-state index >= 15 is 0 Å². The average molecular weight is 356 g/mol. The minimum Gasteiger partial charge on any atom is -0.486 e. The highest BCUT2D eigenvalue weighted by molar-refractivity contribution is 5.94. The van der Waals surface area contributed by atoms with Crippen molar-refractivity contribution in [3.05, 3.63) is 42.5 Å². The molecule has 7 nitrogen and oxygen atoms in total. The molecule has 0 aliphatic carbocycles. The standard InChI is InChI=1S/C19H20N2O5/c1-12(26-16-5-3-4-14(10-16)20-13(2)22)19(23)21-15-6-7-17-18(11-15)25-9-8-24-17/h3-7,10-12H,8-9H2,1-2H3,(H,20,22)(H,21,23). The first-order valence-electron chi connectivity index (χ1n) is 8.26. The van der Waals surface area contributed by atoms with Gasteiger partial charge in [0.15, 0.2) is 17.6 Å². The number of benzene rings is 2. The largest absolute Gasteiger partial charge is 0.486 e. The molecule has 2 aromatic carbocycles. The second-order valence-corrected chi connectivity index (χ2v) is 5.82. The number of fused-ring (bicyclic) bond motifs is 1. The number of hydrogen-bond acceptors (Lipinski definition) is 5. The lowest BCUT2D eigenvalue weighted by atomic mass is 10.2. The summed E-state index contributed by atoms with van der Waals surface area (Å²) in [7, 11) is 0. The van der Waals surface area contributed by atoms with Crippen LogP contribution in [0.3, 0.4) is 0 Å². The molecule has 7 heteroatoms. The van der Waals surface area contributed by atoms with Gasteiger partial charge in [-0.3, -0.25) is 9.59 Å². The molecule has 0 saturated heterocycles. The van der Waals surface area contributed by atoms with Crippen molar-refractivity contribution >= 4 is 23.2 Å². The number of nitrogens with one attached hydrogen (secondary N) is 2. The Bertz CT molecular complexity index is 821. The van der Waals surface area contributed by atoms with Gasteiger partial charge in [0.1, 0.15) is 19.0 Å². The molecule has 1 aliphatic heterocycles. The SMILES string of the molecule is CC(=O)Nc1cccc(OC(C)C(=O)Nc2ccc3c(c2)OCCO3)c1. The second-order valence-electron chi connectivity index (χ2n) is 5.82. The zero-order valence-electron chi connectivity index (χ0n) is 14.6. The summed E-state index contributed by atoms with van der Waals surface area (Å²) in [6.45, 7) is 4.07. The third-order valence-electron chi connectivity index (χ3n) is 3.65. The van der Waals surface area contributed by atoms with Crippen LogP contribution in [0.5, 0.6) is 17.2 Å². The Labute approximate surface area is 151 Å².